The second-order valence-corrected chi connectivity index (χ2v) is 8.06. The minimum absolute atomic E-state index is 0.203. The maximum Gasteiger partial charge on any atom is 0.239 e. The molecule has 1 saturated carbocycles. The van der Waals surface area contributed by atoms with Crippen LogP contribution in [0.2, 0.25) is 0 Å². The Morgan fingerprint density at radius 1 is 1.23 bits per heavy atom. The Kier molecular flexibility index (Phi) is 4.87. The molecular formula is C15H21FN2O3S. The number of hydrogen-bond acceptors (Lipinski definition) is 3. The Hall–Kier alpha value is -1.47. The summed E-state index contributed by atoms with van der Waals surface area (Å²) in [6, 6.07) is 5.83. The number of nitrogens with zero attached hydrogens (tertiary/aromatic N) is 2. The van der Waals surface area contributed by atoms with Crippen molar-refractivity contribution in [2.75, 3.05) is 26.9 Å². The van der Waals surface area contributed by atoms with Crippen molar-refractivity contribution in [3.63, 3.8) is 0 Å². The van der Waals surface area contributed by atoms with E-state index in [0.717, 1.165) is 22.7 Å². The lowest BCUT2D eigenvalue weighted by molar-refractivity contribution is -0.129. The molecule has 1 atom stereocenters. The average molecular weight is 328 g/mol. The fourth-order valence-electron chi connectivity index (χ4n) is 2.43. The summed E-state index contributed by atoms with van der Waals surface area (Å²) in [5, 5.41) is 0. The molecule has 1 aliphatic carbocycles. The standard InChI is InChI=1S/C15H21FN2O3S/c1-17(2)22(20,21)10-14(19)18(3)15(11-4-5-11)12-6-8-13(16)9-7-12/h6-9,11,15H,4-5,10H2,1-3H3/t15-/m1/s1. The molecule has 0 radical (unpaired) electrons. The first-order valence-electron chi connectivity index (χ1n) is 7.13. The summed E-state index contributed by atoms with van der Waals surface area (Å²) >= 11 is 0. The van der Waals surface area contributed by atoms with E-state index in [0.29, 0.717) is 5.92 Å². The Morgan fingerprint density at radius 2 is 1.77 bits per heavy atom. The quantitative estimate of drug-likeness (QED) is 0.797. The summed E-state index contributed by atoms with van der Waals surface area (Å²) in [7, 11) is 0.830. The smallest absolute Gasteiger partial charge is 0.239 e. The Bertz CT molecular complexity index is 639. The van der Waals surface area contributed by atoms with Crippen LogP contribution in [0.3, 0.4) is 0 Å². The van der Waals surface area contributed by atoms with Crippen LogP contribution in [-0.4, -0.2) is 50.4 Å². The summed E-state index contributed by atoms with van der Waals surface area (Å²) in [6.07, 6.45) is 1.97. The predicted octanol–water partition coefficient (Wildman–Crippen LogP) is 1.63. The molecule has 22 heavy (non-hydrogen) atoms. The van der Waals surface area contributed by atoms with E-state index >= 15 is 0 Å². The van der Waals surface area contributed by atoms with E-state index in [2.05, 4.69) is 0 Å². The van der Waals surface area contributed by atoms with Crippen LogP contribution in [0.4, 0.5) is 4.39 Å². The largest absolute Gasteiger partial charge is 0.338 e. The third-order valence-electron chi connectivity index (χ3n) is 3.95. The van der Waals surface area contributed by atoms with Crippen molar-refractivity contribution in [1.82, 2.24) is 9.21 Å². The van der Waals surface area contributed by atoms with E-state index in [-0.39, 0.29) is 11.9 Å². The van der Waals surface area contributed by atoms with Crippen LogP contribution in [0.5, 0.6) is 0 Å². The Balaban J connectivity index is 2.18. The summed E-state index contributed by atoms with van der Waals surface area (Å²) < 4.78 is 37.8. The first kappa shape index (κ1) is 16.9. The topological polar surface area (TPSA) is 57.7 Å². The second kappa shape index (κ2) is 6.34. The van der Waals surface area contributed by atoms with Crippen LogP contribution >= 0.6 is 0 Å². The number of sulfonamides is 1. The molecule has 0 bridgehead atoms. The highest BCUT2D eigenvalue weighted by atomic mass is 32.2. The summed E-state index contributed by atoms with van der Waals surface area (Å²) in [5.41, 5.74) is 0.835. The van der Waals surface area contributed by atoms with Gasteiger partial charge < -0.3 is 4.90 Å². The zero-order chi connectivity index (χ0) is 16.5. The molecule has 0 heterocycles. The Labute approximate surface area is 130 Å². The number of halogens is 1. The second-order valence-electron chi connectivity index (χ2n) is 5.88. The van der Waals surface area contributed by atoms with Gasteiger partial charge in [0.05, 0.1) is 6.04 Å². The van der Waals surface area contributed by atoms with Gasteiger partial charge in [-0.05, 0) is 36.5 Å². The summed E-state index contributed by atoms with van der Waals surface area (Å²) in [4.78, 5) is 13.8. The van der Waals surface area contributed by atoms with E-state index in [1.807, 2.05) is 0 Å². The highest BCUT2D eigenvalue weighted by molar-refractivity contribution is 7.89. The van der Waals surface area contributed by atoms with Crippen molar-refractivity contribution in [2.24, 2.45) is 5.92 Å². The average Bonchev–Trinajstić information content (AvgIpc) is 3.25. The molecule has 0 saturated heterocycles. The molecule has 122 valence electrons. The van der Waals surface area contributed by atoms with E-state index in [1.165, 1.54) is 31.1 Å². The van der Waals surface area contributed by atoms with Crippen LogP contribution in [0, 0.1) is 11.7 Å². The molecule has 0 N–H and O–H groups in total. The van der Waals surface area contributed by atoms with Gasteiger partial charge in [0.25, 0.3) is 0 Å². The van der Waals surface area contributed by atoms with E-state index in [1.54, 1.807) is 19.2 Å². The van der Waals surface area contributed by atoms with Crippen LogP contribution < -0.4 is 0 Å². The van der Waals surface area contributed by atoms with Crippen LogP contribution in [0.25, 0.3) is 0 Å². The van der Waals surface area contributed by atoms with Crippen molar-refractivity contribution in [3.05, 3.63) is 35.6 Å². The van der Waals surface area contributed by atoms with Crippen LogP contribution in [-0.2, 0) is 14.8 Å². The minimum Gasteiger partial charge on any atom is -0.338 e. The number of amides is 1. The van der Waals surface area contributed by atoms with Gasteiger partial charge in [0, 0.05) is 21.1 Å². The van der Waals surface area contributed by atoms with Crippen LogP contribution in [0.15, 0.2) is 24.3 Å². The Morgan fingerprint density at radius 3 is 2.23 bits per heavy atom. The molecule has 0 unspecified atom stereocenters. The lowest BCUT2D eigenvalue weighted by Crippen LogP contribution is -2.39. The van der Waals surface area contributed by atoms with Crippen molar-refractivity contribution in [3.8, 4) is 0 Å². The predicted molar refractivity (Wildman–Crippen MR) is 82.1 cm³/mol. The van der Waals surface area contributed by atoms with Crippen molar-refractivity contribution in [2.45, 2.75) is 18.9 Å². The highest BCUT2D eigenvalue weighted by Crippen LogP contribution is 2.44. The molecule has 7 heteroatoms. The fraction of sp³-hybridized carbons (Fsp3) is 0.533. The molecule has 0 aliphatic heterocycles. The normalized spacial score (nSPS) is 16.6. The lowest BCUT2D eigenvalue weighted by Gasteiger charge is -2.29. The van der Waals surface area contributed by atoms with Crippen molar-refractivity contribution >= 4 is 15.9 Å². The molecule has 1 aromatic rings. The molecule has 1 aromatic carbocycles. The molecule has 2 rings (SSSR count). The molecule has 0 spiro atoms. The van der Waals surface area contributed by atoms with Crippen molar-refractivity contribution in [1.29, 1.82) is 0 Å². The van der Waals surface area contributed by atoms with Gasteiger partial charge in [0.15, 0.2) is 0 Å². The lowest BCUT2D eigenvalue weighted by atomic mass is 10.0. The minimum atomic E-state index is -3.59. The van der Waals surface area contributed by atoms with Gasteiger partial charge in [-0.3, -0.25) is 4.79 Å². The van der Waals surface area contributed by atoms with Gasteiger partial charge in [-0.2, -0.15) is 0 Å². The fourth-order valence-corrected chi connectivity index (χ4v) is 3.20. The zero-order valence-electron chi connectivity index (χ0n) is 13.0. The number of rotatable bonds is 6. The molecule has 1 aliphatic rings. The zero-order valence-corrected chi connectivity index (χ0v) is 13.8. The highest BCUT2D eigenvalue weighted by Gasteiger charge is 2.37. The van der Waals surface area contributed by atoms with Crippen molar-refractivity contribution < 1.29 is 17.6 Å². The van der Waals surface area contributed by atoms with Gasteiger partial charge in [-0.1, -0.05) is 12.1 Å². The van der Waals surface area contributed by atoms with Gasteiger partial charge >= 0.3 is 0 Å². The molecule has 1 fully saturated rings. The summed E-state index contributed by atoms with van der Waals surface area (Å²) in [5.74, 6) is -1.03. The molecule has 1 amide bonds. The van der Waals surface area contributed by atoms with E-state index in [9.17, 15) is 17.6 Å². The number of benzene rings is 1. The molecule has 0 aromatic heterocycles. The third kappa shape index (κ3) is 3.84. The molecule has 5 nitrogen and oxygen atoms in total. The van der Waals surface area contributed by atoms with E-state index in [4.69, 9.17) is 0 Å². The first-order valence-corrected chi connectivity index (χ1v) is 8.74. The van der Waals surface area contributed by atoms with Gasteiger partial charge in [-0.15, -0.1) is 0 Å². The maximum atomic E-state index is 13.1. The molecular weight excluding hydrogens is 307 g/mol. The number of hydrogen-bond donors (Lipinski definition) is 0. The maximum absolute atomic E-state index is 13.1. The SMILES string of the molecule is CN(C(=O)CS(=O)(=O)N(C)C)[C@@H](c1ccc(F)cc1)C1CC1. The van der Waals surface area contributed by atoms with Gasteiger partial charge in [0.2, 0.25) is 15.9 Å². The third-order valence-corrected chi connectivity index (χ3v) is 5.68. The number of carbonyl (C=O) groups is 1. The van der Waals surface area contributed by atoms with Gasteiger partial charge in [0.1, 0.15) is 11.6 Å². The van der Waals surface area contributed by atoms with E-state index < -0.39 is 21.7 Å². The monoisotopic (exact) mass is 328 g/mol. The first-order chi connectivity index (χ1) is 10.2. The number of carbonyl (C=O) groups excluding carboxylic acids is 1. The summed E-state index contributed by atoms with van der Waals surface area (Å²) in [6.45, 7) is 0. The van der Waals surface area contributed by atoms with Gasteiger partial charge in [-0.25, -0.2) is 17.1 Å². The van der Waals surface area contributed by atoms with Crippen LogP contribution in [0.1, 0.15) is 24.4 Å².